The molecule has 3 aliphatic rings. The van der Waals surface area contributed by atoms with E-state index in [0.717, 1.165) is 26.1 Å². The second-order valence-corrected chi connectivity index (χ2v) is 7.96. The largest absolute Gasteiger partial charge is 0.378 e. The topological polar surface area (TPSA) is 65.1 Å². The Morgan fingerprint density at radius 1 is 1.17 bits per heavy atom. The van der Waals surface area contributed by atoms with Crippen molar-refractivity contribution >= 4 is 17.5 Å². The van der Waals surface area contributed by atoms with E-state index in [0.29, 0.717) is 39.4 Å². The number of fused-ring (bicyclic) bond motifs is 3. The fourth-order valence-corrected chi connectivity index (χ4v) is 4.67. The van der Waals surface area contributed by atoms with Gasteiger partial charge in [0.05, 0.1) is 31.7 Å². The molecule has 0 bridgehead atoms. The molecule has 0 unspecified atom stereocenters. The second kappa shape index (κ2) is 8.97. The summed E-state index contributed by atoms with van der Waals surface area (Å²) in [6.45, 7) is 9.52. The molecule has 0 aliphatic carbocycles. The SMILES string of the molecule is C=CCNC(=O)[C@H]1Cc2ccccc2N2CCN(CC(=O)N3CCOCC3)C[C@H]12. The summed E-state index contributed by atoms with van der Waals surface area (Å²) in [6, 6.07) is 8.43. The van der Waals surface area contributed by atoms with Crippen LogP contribution < -0.4 is 10.2 Å². The molecule has 2 atom stereocenters. The summed E-state index contributed by atoms with van der Waals surface area (Å²) in [7, 11) is 0. The van der Waals surface area contributed by atoms with Gasteiger partial charge in [0.25, 0.3) is 0 Å². The van der Waals surface area contributed by atoms with Crippen LogP contribution in [0.25, 0.3) is 0 Å². The molecule has 0 saturated carbocycles. The van der Waals surface area contributed by atoms with E-state index in [2.05, 4.69) is 39.9 Å². The molecule has 29 heavy (non-hydrogen) atoms. The zero-order chi connectivity index (χ0) is 20.2. The van der Waals surface area contributed by atoms with E-state index in [1.807, 2.05) is 11.0 Å². The number of nitrogens with zero attached hydrogens (tertiary/aromatic N) is 3. The first-order valence-electron chi connectivity index (χ1n) is 10.5. The third kappa shape index (κ3) is 4.31. The molecular weight excluding hydrogens is 368 g/mol. The van der Waals surface area contributed by atoms with E-state index < -0.39 is 0 Å². The van der Waals surface area contributed by atoms with Gasteiger partial charge in [-0.25, -0.2) is 0 Å². The number of morpholine rings is 1. The van der Waals surface area contributed by atoms with E-state index in [9.17, 15) is 9.59 Å². The second-order valence-electron chi connectivity index (χ2n) is 7.96. The first-order chi connectivity index (χ1) is 14.2. The average molecular weight is 399 g/mol. The highest BCUT2D eigenvalue weighted by molar-refractivity contribution is 5.82. The van der Waals surface area contributed by atoms with Crippen molar-refractivity contribution in [1.82, 2.24) is 15.1 Å². The summed E-state index contributed by atoms with van der Waals surface area (Å²) in [6.07, 6.45) is 2.44. The minimum absolute atomic E-state index is 0.0655. The van der Waals surface area contributed by atoms with Crippen LogP contribution in [0.5, 0.6) is 0 Å². The highest BCUT2D eigenvalue weighted by Gasteiger charge is 2.41. The predicted molar refractivity (Wildman–Crippen MR) is 112 cm³/mol. The summed E-state index contributed by atoms with van der Waals surface area (Å²) >= 11 is 0. The molecular formula is C22H30N4O3. The van der Waals surface area contributed by atoms with E-state index in [1.54, 1.807) is 6.08 Å². The first kappa shape index (κ1) is 19.9. The number of amides is 2. The van der Waals surface area contributed by atoms with Gasteiger partial charge in [-0.15, -0.1) is 6.58 Å². The van der Waals surface area contributed by atoms with Gasteiger partial charge in [0, 0.05) is 45.0 Å². The Hall–Kier alpha value is -2.38. The van der Waals surface area contributed by atoms with Crippen LogP contribution in [-0.4, -0.2) is 86.7 Å². The van der Waals surface area contributed by atoms with Gasteiger partial charge in [0.2, 0.25) is 11.8 Å². The van der Waals surface area contributed by atoms with E-state index in [-0.39, 0.29) is 23.8 Å². The van der Waals surface area contributed by atoms with Crippen molar-refractivity contribution in [2.45, 2.75) is 12.5 Å². The van der Waals surface area contributed by atoms with Gasteiger partial charge in [-0.1, -0.05) is 24.3 Å². The molecule has 156 valence electrons. The number of para-hydroxylation sites is 1. The molecule has 7 nitrogen and oxygen atoms in total. The number of ether oxygens (including phenoxy) is 1. The minimum atomic E-state index is -0.133. The van der Waals surface area contributed by atoms with Crippen LogP contribution in [0.1, 0.15) is 5.56 Å². The molecule has 2 saturated heterocycles. The predicted octanol–water partition coefficient (Wildman–Crippen LogP) is 0.511. The number of benzene rings is 1. The van der Waals surface area contributed by atoms with Crippen LogP contribution in [0.2, 0.25) is 0 Å². The summed E-state index contributed by atoms with van der Waals surface area (Å²) in [4.78, 5) is 32.1. The van der Waals surface area contributed by atoms with Crippen molar-refractivity contribution in [3.05, 3.63) is 42.5 Å². The van der Waals surface area contributed by atoms with Gasteiger partial charge >= 0.3 is 0 Å². The van der Waals surface area contributed by atoms with Crippen LogP contribution in [0.4, 0.5) is 5.69 Å². The standard InChI is InChI=1S/C22H30N4O3/c1-2-7-23-22(28)18-14-17-5-3-4-6-19(17)26-9-8-24(15-20(18)26)16-21(27)25-10-12-29-13-11-25/h2-6,18,20H,1,7-16H2,(H,23,28)/t18-,20+/m0/s1. The fourth-order valence-electron chi connectivity index (χ4n) is 4.67. The Morgan fingerprint density at radius 3 is 2.76 bits per heavy atom. The fraction of sp³-hybridized carbons (Fsp3) is 0.545. The van der Waals surface area contributed by atoms with Crippen molar-refractivity contribution in [2.75, 3.05) is 63.9 Å². The number of carbonyl (C=O) groups excluding carboxylic acids is 2. The molecule has 2 amide bonds. The van der Waals surface area contributed by atoms with Crippen LogP contribution in [-0.2, 0) is 20.7 Å². The lowest BCUT2D eigenvalue weighted by Gasteiger charge is -2.49. The molecule has 0 aromatic heterocycles. The minimum Gasteiger partial charge on any atom is -0.378 e. The van der Waals surface area contributed by atoms with Gasteiger partial charge in [-0.3, -0.25) is 14.5 Å². The molecule has 1 aromatic carbocycles. The van der Waals surface area contributed by atoms with Gasteiger partial charge in [-0.05, 0) is 18.1 Å². The van der Waals surface area contributed by atoms with Crippen LogP contribution in [0.3, 0.4) is 0 Å². The molecule has 1 aromatic rings. The third-order valence-electron chi connectivity index (χ3n) is 6.19. The number of nitrogens with one attached hydrogen (secondary N) is 1. The Kier molecular flexibility index (Phi) is 6.16. The monoisotopic (exact) mass is 398 g/mol. The molecule has 7 heteroatoms. The molecule has 2 fully saturated rings. The summed E-state index contributed by atoms with van der Waals surface area (Å²) in [5.41, 5.74) is 2.45. The maximum Gasteiger partial charge on any atom is 0.236 e. The first-order valence-corrected chi connectivity index (χ1v) is 10.5. The number of carbonyl (C=O) groups is 2. The lowest BCUT2D eigenvalue weighted by molar-refractivity contribution is -0.136. The van der Waals surface area contributed by atoms with Crippen LogP contribution in [0, 0.1) is 5.92 Å². The van der Waals surface area contributed by atoms with E-state index >= 15 is 0 Å². The number of hydrogen-bond donors (Lipinski definition) is 1. The number of anilines is 1. The molecule has 3 heterocycles. The highest BCUT2D eigenvalue weighted by atomic mass is 16.5. The molecule has 4 rings (SSSR count). The number of hydrogen-bond acceptors (Lipinski definition) is 5. The van der Waals surface area contributed by atoms with Crippen molar-refractivity contribution in [1.29, 1.82) is 0 Å². The summed E-state index contributed by atoms with van der Waals surface area (Å²) in [5, 5.41) is 2.98. The third-order valence-corrected chi connectivity index (χ3v) is 6.19. The van der Waals surface area contributed by atoms with Gasteiger partial charge in [0.1, 0.15) is 0 Å². The highest BCUT2D eigenvalue weighted by Crippen LogP contribution is 2.35. The van der Waals surface area contributed by atoms with Gasteiger partial charge < -0.3 is 19.9 Å². The Bertz CT molecular complexity index is 762. The normalized spacial score (nSPS) is 24.4. The van der Waals surface area contributed by atoms with E-state index in [1.165, 1.54) is 11.3 Å². The Balaban J connectivity index is 1.49. The number of rotatable bonds is 5. The maximum atomic E-state index is 12.9. The quantitative estimate of drug-likeness (QED) is 0.733. The van der Waals surface area contributed by atoms with Gasteiger partial charge in [0.15, 0.2) is 0 Å². The van der Waals surface area contributed by atoms with Crippen molar-refractivity contribution in [3.8, 4) is 0 Å². The zero-order valence-corrected chi connectivity index (χ0v) is 16.9. The lowest BCUT2D eigenvalue weighted by atomic mass is 9.83. The lowest BCUT2D eigenvalue weighted by Crippen LogP contribution is -2.62. The Morgan fingerprint density at radius 2 is 1.97 bits per heavy atom. The average Bonchev–Trinajstić information content (AvgIpc) is 2.77. The van der Waals surface area contributed by atoms with Crippen molar-refractivity contribution in [3.63, 3.8) is 0 Å². The maximum absolute atomic E-state index is 12.9. The molecule has 0 radical (unpaired) electrons. The number of piperazine rings is 1. The van der Waals surface area contributed by atoms with Gasteiger partial charge in [-0.2, -0.15) is 0 Å². The van der Waals surface area contributed by atoms with Crippen LogP contribution in [0.15, 0.2) is 36.9 Å². The molecule has 0 spiro atoms. The smallest absolute Gasteiger partial charge is 0.236 e. The summed E-state index contributed by atoms with van der Waals surface area (Å²) < 4.78 is 5.35. The van der Waals surface area contributed by atoms with Crippen molar-refractivity contribution in [2.24, 2.45) is 5.92 Å². The zero-order valence-electron chi connectivity index (χ0n) is 16.9. The summed E-state index contributed by atoms with van der Waals surface area (Å²) in [5.74, 6) is 0.0903. The molecule has 1 N–H and O–H groups in total. The molecule has 3 aliphatic heterocycles. The Labute approximate surface area is 172 Å². The van der Waals surface area contributed by atoms with E-state index in [4.69, 9.17) is 4.74 Å². The van der Waals surface area contributed by atoms with Crippen LogP contribution >= 0.6 is 0 Å². The van der Waals surface area contributed by atoms with Crippen molar-refractivity contribution < 1.29 is 14.3 Å².